The predicted molar refractivity (Wildman–Crippen MR) is 91.2 cm³/mol. The molecule has 116 valence electrons. The molecule has 0 bridgehead atoms. The van der Waals surface area contributed by atoms with Crippen molar-refractivity contribution < 1.29 is 9.53 Å². The van der Waals surface area contributed by atoms with Gasteiger partial charge in [-0.05, 0) is 36.2 Å². The standard InChI is InChI=1S/C17H17Cl2NO2/c1-11(2)10-22-16-6-4-3-5-13(16)17(21)20-12-7-8-14(18)15(19)9-12/h3-9,11H,10H2,1-2H3,(H,20,21). The molecule has 0 saturated heterocycles. The van der Waals surface area contributed by atoms with E-state index in [4.69, 9.17) is 27.9 Å². The summed E-state index contributed by atoms with van der Waals surface area (Å²) in [5.41, 5.74) is 1.06. The molecule has 2 aromatic carbocycles. The first-order chi connectivity index (χ1) is 10.5. The van der Waals surface area contributed by atoms with E-state index < -0.39 is 0 Å². The predicted octanol–water partition coefficient (Wildman–Crippen LogP) is 5.28. The van der Waals surface area contributed by atoms with Crippen LogP contribution in [0.2, 0.25) is 10.0 Å². The van der Waals surface area contributed by atoms with Gasteiger partial charge in [0.05, 0.1) is 22.2 Å². The van der Waals surface area contributed by atoms with E-state index >= 15 is 0 Å². The minimum atomic E-state index is -0.252. The third-order valence-electron chi connectivity index (χ3n) is 2.88. The minimum Gasteiger partial charge on any atom is -0.492 e. The van der Waals surface area contributed by atoms with Crippen molar-refractivity contribution >= 4 is 34.8 Å². The lowest BCUT2D eigenvalue weighted by atomic mass is 10.1. The number of nitrogens with one attached hydrogen (secondary N) is 1. The Bertz CT molecular complexity index is 671. The van der Waals surface area contributed by atoms with Crippen LogP contribution in [-0.2, 0) is 0 Å². The van der Waals surface area contributed by atoms with Gasteiger partial charge in [0.25, 0.3) is 5.91 Å². The second-order valence-corrected chi connectivity index (χ2v) is 6.10. The van der Waals surface area contributed by atoms with Crippen LogP contribution in [0.1, 0.15) is 24.2 Å². The number of benzene rings is 2. The Labute approximate surface area is 140 Å². The lowest BCUT2D eigenvalue weighted by Crippen LogP contribution is -2.15. The Morgan fingerprint density at radius 3 is 2.55 bits per heavy atom. The first-order valence-corrected chi connectivity index (χ1v) is 7.71. The van der Waals surface area contributed by atoms with E-state index in [1.54, 1.807) is 36.4 Å². The Balaban J connectivity index is 2.16. The van der Waals surface area contributed by atoms with Crippen LogP contribution in [0.25, 0.3) is 0 Å². The highest BCUT2D eigenvalue weighted by Gasteiger charge is 2.13. The van der Waals surface area contributed by atoms with Gasteiger partial charge in [-0.2, -0.15) is 0 Å². The molecule has 22 heavy (non-hydrogen) atoms. The van der Waals surface area contributed by atoms with E-state index in [2.05, 4.69) is 19.2 Å². The van der Waals surface area contributed by atoms with Gasteiger partial charge in [-0.1, -0.05) is 49.2 Å². The van der Waals surface area contributed by atoms with E-state index in [1.165, 1.54) is 0 Å². The smallest absolute Gasteiger partial charge is 0.259 e. The van der Waals surface area contributed by atoms with Crippen LogP contribution in [-0.4, -0.2) is 12.5 Å². The topological polar surface area (TPSA) is 38.3 Å². The zero-order chi connectivity index (χ0) is 16.1. The zero-order valence-electron chi connectivity index (χ0n) is 12.4. The van der Waals surface area contributed by atoms with Gasteiger partial charge in [0.15, 0.2) is 0 Å². The maximum Gasteiger partial charge on any atom is 0.259 e. The van der Waals surface area contributed by atoms with Crippen molar-refractivity contribution in [1.82, 2.24) is 0 Å². The summed E-state index contributed by atoms with van der Waals surface area (Å²) in [6.45, 7) is 4.66. The molecule has 0 aliphatic heterocycles. The van der Waals surface area contributed by atoms with Crippen molar-refractivity contribution in [2.75, 3.05) is 11.9 Å². The Morgan fingerprint density at radius 2 is 1.86 bits per heavy atom. The monoisotopic (exact) mass is 337 g/mol. The van der Waals surface area contributed by atoms with E-state index in [0.29, 0.717) is 39.6 Å². The molecule has 0 heterocycles. The molecule has 2 aromatic rings. The molecule has 0 aromatic heterocycles. The first-order valence-electron chi connectivity index (χ1n) is 6.95. The van der Waals surface area contributed by atoms with E-state index in [1.807, 2.05) is 6.07 Å². The number of hydrogen-bond acceptors (Lipinski definition) is 2. The number of hydrogen-bond donors (Lipinski definition) is 1. The van der Waals surface area contributed by atoms with Crippen molar-refractivity contribution in [3.8, 4) is 5.75 Å². The summed E-state index contributed by atoms with van der Waals surface area (Å²) in [4.78, 5) is 12.4. The van der Waals surface area contributed by atoms with Gasteiger partial charge in [0, 0.05) is 5.69 Å². The zero-order valence-corrected chi connectivity index (χ0v) is 13.9. The summed E-state index contributed by atoms with van der Waals surface area (Å²) in [5, 5.41) is 3.63. The van der Waals surface area contributed by atoms with Crippen LogP contribution in [0.15, 0.2) is 42.5 Å². The lowest BCUT2D eigenvalue weighted by Gasteiger charge is -2.13. The van der Waals surface area contributed by atoms with E-state index in [-0.39, 0.29) is 5.91 Å². The molecule has 1 N–H and O–H groups in total. The van der Waals surface area contributed by atoms with Crippen molar-refractivity contribution in [3.63, 3.8) is 0 Å². The summed E-state index contributed by atoms with van der Waals surface area (Å²) < 4.78 is 5.69. The van der Waals surface area contributed by atoms with Gasteiger partial charge >= 0.3 is 0 Å². The van der Waals surface area contributed by atoms with Gasteiger partial charge < -0.3 is 10.1 Å². The number of ether oxygens (including phenoxy) is 1. The fraction of sp³-hybridized carbons (Fsp3) is 0.235. The molecular formula is C17H17Cl2NO2. The lowest BCUT2D eigenvalue weighted by molar-refractivity contribution is 0.102. The third kappa shape index (κ3) is 4.39. The molecule has 0 aliphatic carbocycles. The van der Waals surface area contributed by atoms with Crippen molar-refractivity contribution in [3.05, 3.63) is 58.1 Å². The van der Waals surface area contributed by atoms with E-state index in [0.717, 1.165) is 0 Å². The van der Waals surface area contributed by atoms with Gasteiger partial charge in [0.1, 0.15) is 5.75 Å². The second-order valence-electron chi connectivity index (χ2n) is 5.28. The average molecular weight is 338 g/mol. The fourth-order valence-electron chi connectivity index (χ4n) is 1.81. The maximum atomic E-state index is 12.4. The van der Waals surface area contributed by atoms with Crippen LogP contribution in [0, 0.1) is 5.92 Å². The molecule has 0 radical (unpaired) electrons. The molecule has 0 saturated carbocycles. The second kappa shape index (κ2) is 7.52. The highest BCUT2D eigenvalue weighted by Crippen LogP contribution is 2.26. The Hall–Kier alpha value is -1.71. The van der Waals surface area contributed by atoms with Crippen molar-refractivity contribution in [1.29, 1.82) is 0 Å². The summed E-state index contributed by atoms with van der Waals surface area (Å²) in [7, 11) is 0. The number of halogens is 2. The van der Waals surface area contributed by atoms with Crippen molar-refractivity contribution in [2.24, 2.45) is 5.92 Å². The number of para-hydroxylation sites is 1. The number of carbonyl (C=O) groups excluding carboxylic acids is 1. The van der Waals surface area contributed by atoms with Gasteiger partial charge in [0.2, 0.25) is 0 Å². The number of carbonyl (C=O) groups is 1. The molecule has 0 atom stereocenters. The van der Waals surface area contributed by atoms with Crippen LogP contribution >= 0.6 is 23.2 Å². The molecule has 2 rings (SSSR count). The molecule has 0 unspecified atom stereocenters. The highest BCUT2D eigenvalue weighted by atomic mass is 35.5. The SMILES string of the molecule is CC(C)COc1ccccc1C(=O)Nc1ccc(Cl)c(Cl)c1. The Morgan fingerprint density at radius 1 is 1.14 bits per heavy atom. The molecule has 0 aliphatic rings. The van der Waals surface area contributed by atoms with Gasteiger partial charge in [-0.15, -0.1) is 0 Å². The van der Waals surface area contributed by atoms with Crippen LogP contribution in [0.4, 0.5) is 5.69 Å². The molecule has 1 amide bonds. The largest absolute Gasteiger partial charge is 0.492 e. The number of rotatable bonds is 5. The van der Waals surface area contributed by atoms with Gasteiger partial charge in [-0.3, -0.25) is 4.79 Å². The normalized spacial score (nSPS) is 10.6. The molecule has 5 heteroatoms. The molecule has 3 nitrogen and oxygen atoms in total. The third-order valence-corrected chi connectivity index (χ3v) is 3.62. The molecule has 0 spiro atoms. The van der Waals surface area contributed by atoms with Gasteiger partial charge in [-0.25, -0.2) is 0 Å². The van der Waals surface area contributed by atoms with E-state index in [9.17, 15) is 4.79 Å². The van der Waals surface area contributed by atoms with Crippen molar-refractivity contribution in [2.45, 2.75) is 13.8 Å². The number of anilines is 1. The maximum absolute atomic E-state index is 12.4. The molecular weight excluding hydrogens is 321 g/mol. The van der Waals surface area contributed by atoms with Crippen LogP contribution < -0.4 is 10.1 Å². The van der Waals surface area contributed by atoms with Crippen LogP contribution in [0.5, 0.6) is 5.75 Å². The summed E-state index contributed by atoms with van der Waals surface area (Å²) in [6.07, 6.45) is 0. The van der Waals surface area contributed by atoms with Crippen LogP contribution in [0.3, 0.4) is 0 Å². The fourth-order valence-corrected chi connectivity index (χ4v) is 2.11. The Kier molecular flexibility index (Phi) is 5.69. The highest BCUT2D eigenvalue weighted by molar-refractivity contribution is 6.42. The minimum absolute atomic E-state index is 0.252. The summed E-state index contributed by atoms with van der Waals surface area (Å²) in [5.74, 6) is 0.692. The average Bonchev–Trinajstić information content (AvgIpc) is 2.49. The summed E-state index contributed by atoms with van der Waals surface area (Å²) in [6, 6.07) is 12.1. The molecule has 0 fully saturated rings. The quantitative estimate of drug-likeness (QED) is 0.805. The first kappa shape index (κ1) is 16.7. The summed E-state index contributed by atoms with van der Waals surface area (Å²) >= 11 is 11.8. The number of amides is 1.